The van der Waals surface area contributed by atoms with Crippen LogP contribution in [-0.4, -0.2) is 47.0 Å². The number of aromatic nitrogens is 2. The van der Waals surface area contributed by atoms with Crippen LogP contribution in [0.5, 0.6) is 5.88 Å². The Morgan fingerprint density at radius 3 is 2.88 bits per heavy atom. The predicted molar refractivity (Wildman–Crippen MR) is 96.5 cm³/mol. The van der Waals surface area contributed by atoms with Gasteiger partial charge in [0, 0.05) is 18.1 Å². The predicted octanol–water partition coefficient (Wildman–Crippen LogP) is 2.51. The third kappa shape index (κ3) is 5.53. The van der Waals surface area contributed by atoms with E-state index < -0.39 is 0 Å². The number of piperidine rings is 1. The minimum Gasteiger partial charge on any atom is -0.476 e. The third-order valence-electron chi connectivity index (χ3n) is 4.38. The molecule has 6 nitrogen and oxygen atoms in total. The lowest BCUT2D eigenvalue weighted by molar-refractivity contribution is -0.117. The van der Waals surface area contributed by atoms with Crippen LogP contribution in [0.2, 0.25) is 0 Å². The van der Waals surface area contributed by atoms with Crippen molar-refractivity contribution in [3.05, 3.63) is 48.4 Å². The molecule has 6 heteroatoms. The number of ether oxygens (including phenoxy) is 1. The molecule has 1 aliphatic rings. The summed E-state index contributed by atoms with van der Waals surface area (Å²) in [6, 6.07) is 7.87. The number of hydrogen-bond acceptors (Lipinski definition) is 5. The van der Waals surface area contributed by atoms with E-state index in [1.807, 2.05) is 31.2 Å². The van der Waals surface area contributed by atoms with Crippen molar-refractivity contribution in [3.63, 3.8) is 0 Å². The lowest BCUT2D eigenvalue weighted by Gasteiger charge is -2.31. The molecule has 1 amide bonds. The third-order valence-corrected chi connectivity index (χ3v) is 4.38. The van der Waals surface area contributed by atoms with Gasteiger partial charge in [0.05, 0.1) is 19.3 Å². The van der Waals surface area contributed by atoms with Gasteiger partial charge in [-0.1, -0.05) is 12.1 Å². The Kier molecular flexibility index (Phi) is 5.95. The highest BCUT2D eigenvalue weighted by molar-refractivity contribution is 5.92. The number of amides is 1. The van der Waals surface area contributed by atoms with E-state index >= 15 is 0 Å². The Balaban J connectivity index is 1.38. The quantitative estimate of drug-likeness (QED) is 0.875. The molecule has 0 radical (unpaired) electrons. The Morgan fingerprint density at radius 1 is 1.32 bits per heavy atom. The van der Waals surface area contributed by atoms with Crippen LogP contribution in [0.4, 0.5) is 5.69 Å². The number of aryl methyl sites for hydroxylation is 1. The zero-order valence-electron chi connectivity index (χ0n) is 14.5. The van der Waals surface area contributed by atoms with E-state index in [1.54, 1.807) is 18.6 Å². The summed E-state index contributed by atoms with van der Waals surface area (Å²) in [4.78, 5) is 22.5. The molecule has 1 N–H and O–H groups in total. The summed E-state index contributed by atoms with van der Waals surface area (Å²) >= 11 is 0. The number of carbonyl (C=O) groups is 1. The fourth-order valence-corrected chi connectivity index (χ4v) is 3.00. The Bertz CT molecular complexity index is 685. The van der Waals surface area contributed by atoms with Gasteiger partial charge >= 0.3 is 0 Å². The number of rotatable bonds is 6. The first kappa shape index (κ1) is 17.4. The highest BCUT2D eigenvalue weighted by atomic mass is 16.5. The molecule has 0 aliphatic carbocycles. The fraction of sp³-hybridized carbons (Fsp3) is 0.421. The second-order valence-corrected chi connectivity index (χ2v) is 6.49. The summed E-state index contributed by atoms with van der Waals surface area (Å²) < 4.78 is 5.68. The maximum absolute atomic E-state index is 12.2. The van der Waals surface area contributed by atoms with Crippen molar-refractivity contribution in [2.24, 2.45) is 5.92 Å². The van der Waals surface area contributed by atoms with E-state index in [-0.39, 0.29) is 5.91 Å². The van der Waals surface area contributed by atoms with Crippen molar-refractivity contribution in [1.82, 2.24) is 14.9 Å². The molecule has 0 bridgehead atoms. The molecule has 1 aromatic heterocycles. The molecule has 1 aliphatic heterocycles. The summed E-state index contributed by atoms with van der Waals surface area (Å²) in [5.74, 6) is 1.11. The molecule has 25 heavy (non-hydrogen) atoms. The first-order chi connectivity index (χ1) is 12.2. The van der Waals surface area contributed by atoms with Gasteiger partial charge in [0.25, 0.3) is 0 Å². The Hall–Kier alpha value is -2.47. The van der Waals surface area contributed by atoms with Gasteiger partial charge in [-0.15, -0.1) is 0 Å². The van der Waals surface area contributed by atoms with Crippen molar-refractivity contribution < 1.29 is 9.53 Å². The summed E-state index contributed by atoms with van der Waals surface area (Å²) in [5, 5.41) is 2.97. The second-order valence-electron chi connectivity index (χ2n) is 6.49. The molecule has 1 aromatic carbocycles. The lowest BCUT2D eigenvalue weighted by atomic mass is 9.98. The van der Waals surface area contributed by atoms with Gasteiger partial charge in [0.2, 0.25) is 11.8 Å². The number of likely N-dealkylation sites (tertiary alicyclic amines) is 1. The zero-order chi connectivity index (χ0) is 17.5. The molecule has 0 spiro atoms. The van der Waals surface area contributed by atoms with E-state index in [0.717, 1.165) is 37.2 Å². The Morgan fingerprint density at radius 2 is 2.16 bits per heavy atom. The molecule has 1 saturated heterocycles. The van der Waals surface area contributed by atoms with Crippen LogP contribution < -0.4 is 10.1 Å². The maximum atomic E-state index is 12.2. The fourth-order valence-electron chi connectivity index (χ4n) is 3.00. The van der Waals surface area contributed by atoms with Gasteiger partial charge in [-0.2, -0.15) is 0 Å². The van der Waals surface area contributed by atoms with Crippen molar-refractivity contribution in [3.8, 4) is 5.88 Å². The van der Waals surface area contributed by atoms with Crippen LogP contribution in [-0.2, 0) is 4.79 Å². The SMILES string of the molecule is Cc1cccc(NC(=O)CN2CCC(COc3cnccn3)CC2)c1. The second kappa shape index (κ2) is 8.58. The minimum atomic E-state index is 0.0415. The summed E-state index contributed by atoms with van der Waals surface area (Å²) in [6.45, 7) is 4.93. The standard InChI is InChI=1S/C19H24N4O2/c1-15-3-2-4-17(11-15)22-18(24)13-23-9-5-16(6-10-23)14-25-19-12-20-7-8-21-19/h2-4,7-8,11-12,16H,5-6,9-10,13-14H2,1H3,(H,22,24). The van der Waals surface area contributed by atoms with E-state index in [4.69, 9.17) is 4.74 Å². The summed E-state index contributed by atoms with van der Waals surface area (Å²) in [7, 11) is 0. The van der Waals surface area contributed by atoms with E-state index in [9.17, 15) is 4.79 Å². The van der Waals surface area contributed by atoms with Crippen molar-refractivity contribution in [1.29, 1.82) is 0 Å². The number of benzene rings is 1. The normalized spacial score (nSPS) is 15.7. The van der Waals surface area contributed by atoms with Crippen LogP contribution >= 0.6 is 0 Å². The van der Waals surface area contributed by atoms with Crippen LogP contribution in [0.25, 0.3) is 0 Å². The number of carbonyl (C=O) groups excluding carboxylic acids is 1. The van der Waals surface area contributed by atoms with Crippen LogP contribution in [0.3, 0.4) is 0 Å². The zero-order valence-corrected chi connectivity index (χ0v) is 14.5. The van der Waals surface area contributed by atoms with E-state index in [0.29, 0.717) is 24.9 Å². The topological polar surface area (TPSA) is 67.4 Å². The summed E-state index contributed by atoms with van der Waals surface area (Å²) in [6.07, 6.45) is 6.94. The van der Waals surface area contributed by atoms with Crippen molar-refractivity contribution >= 4 is 11.6 Å². The number of nitrogens with zero attached hydrogens (tertiary/aromatic N) is 3. The highest BCUT2D eigenvalue weighted by Crippen LogP contribution is 2.18. The van der Waals surface area contributed by atoms with Gasteiger partial charge in [0.1, 0.15) is 0 Å². The average molecular weight is 340 g/mol. The van der Waals surface area contributed by atoms with Gasteiger partial charge in [-0.25, -0.2) is 4.98 Å². The number of hydrogen-bond donors (Lipinski definition) is 1. The molecule has 0 unspecified atom stereocenters. The molecular formula is C19H24N4O2. The smallest absolute Gasteiger partial charge is 0.238 e. The minimum absolute atomic E-state index is 0.0415. The van der Waals surface area contributed by atoms with Gasteiger partial charge in [0.15, 0.2) is 0 Å². The molecule has 0 saturated carbocycles. The number of anilines is 1. The van der Waals surface area contributed by atoms with E-state index in [2.05, 4.69) is 20.2 Å². The van der Waals surface area contributed by atoms with Crippen LogP contribution in [0.1, 0.15) is 18.4 Å². The Labute approximate surface area is 148 Å². The van der Waals surface area contributed by atoms with Crippen LogP contribution in [0, 0.1) is 12.8 Å². The van der Waals surface area contributed by atoms with Gasteiger partial charge in [-0.3, -0.25) is 14.7 Å². The van der Waals surface area contributed by atoms with Crippen LogP contribution in [0.15, 0.2) is 42.9 Å². The maximum Gasteiger partial charge on any atom is 0.238 e. The summed E-state index contributed by atoms with van der Waals surface area (Å²) in [5.41, 5.74) is 2.00. The van der Waals surface area contributed by atoms with Gasteiger partial charge in [-0.05, 0) is 56.5 Å². The largest absolute Gasteiger partial charge is 0.476 e. The monoisotopic (exact) mass is 340 g/mol. The molecular weight excluding hydrogens is 316 g/mol. The molecule has 2 aromatic rings. The number of nitrogens with one attached hydrogen (secondary N) is 1. The van der Waals surface area contributed by atoms with E-state index in [1.165, 1.54) is 0 Å². The average Bonchev–Trinajstić information content (AvgIpc) is 2.62. The highest BCUT2D eigenvalue weighted by Gasteiger charge is 2.21. The molecule has 0 atom stereocenters. The lowest BCUT2D eigenvalue weighted by Crippen LogP contribution is -2.40. The molecule has 1 fully saturated rings. The van der Waals surface area contributed by atoms with Crippen molar-refractivity contribution in [2.75, 3.05) is 31.6 Å². The molecule has 2 heterocycles. The first-order valence-corrected chi connectivity index (χ1v) is 8.67. The molecule has 3 rings (SSSR count). The molecule has 132 valence electrons. The van der Waals surface area contributed by atoms with Crippen molar-refractivity contribution in [2.45, 2.75) is 19.8 Å². The van der Waals surface area contributed by atoms with Gasteiger partial charge < -0.3 is 10.1 Å². The first-order valence-electron chi connectivity index (χ1n) is 8.67.